The molecule has 0 spiro atoms. The number of ether oxygens (including phenoxy) is 2. The lowest BCUT2D eigenvalue weighted by Gasteiger charge is -2.10. The lowest BCUT2D eigenvalue weighted by molar-refractivity contribution is 0.0953. The minimum Gasteiger partial charge on any atom is -0.493 e. The van der Waals surface area contributed by atoms with Crippen molar-refractivity contribution in [1.29, 1.82) is 0 Å². The number of anilines is 2. The van der Waals surface area contributed by atoms with Crippen LogP contribution in [0.5, 0.6) is 11.5 Å². The Morgan fingerprint density at radius 3 is 2.31 bits per heavy atom. The zero-order valence-electron chi connectivity index (χ0n) is 16.7. The Labute approximate surface area is 170 Å². The van der Waals surface area contributed by atoms with Gasteiger partial charge in [0.15, 0.2) is 11.5 Å². The second-order valence-corrected chi connectivity index (χ2v) is 6.48. The first-order valence-electron chi connectivity index (χ1n) is 9.24. The van der Waals surface area contributed by atoms with E-state index in [9.17, 15) is 4.79 Å². The fraction of sp³-hybridized carbons (Fsp3) is 0.227. The summed E-state index contributed by atoms with van der Waals surface area (Å²) in [5.74, 6) is 1.57. The number of carbonyl (C=O) groups is 1. The van der Waals surface area contributed by atoms with Crippen molar-refractivity contribution in [2.45, 2.75) is 13.3 Å². The van der Waals surface area contributed by atoms with Gasteiger partial charge in [0, 0.05) is 24.6 Å². The van der Waals surface area contributed by atoms with Gasteiger partial charge in [-0.3, -0.25) is 4.79 Å². The number of rotatable bonds is 8. The van der Waals surface area contributed by atoms with Crippen LogP contribution >= 0.6 is 0 Å². The fourth-order valence-electron chi connectivity index (χ4n) is 2.73. The van der Waals surface area contributed by atoms with Crippen LogP contribution in [0, 0.1) is 6.92 Å². The van der Waals surface area contributed by atoms with Crippen molar-refractivity contribution in [3.63, 3.8) is 0 Å². The molecule has 0 aliphatic rings. The molecule has 2 aromatic carbocycles. The van der Waals surface area contributed by atoms with Crippen molar-refractivity contribution in [3.05, 3.63) is 71.5 Å². The van der Waals surface area contributed by atoms with Gasteiger partial charge in [-0.05, 0) is 43.2 Å². The molecule has 150 valence electrons. The molecule has 0 unspecified atom stereocenters. The Bertz CT molecular complexity index is 957. The van der Waals surface area contributed by atoms with Crippen molar-refractivity contribution >= 4 is 17.5 Å². The van der Waals surface area contributed by atoms with Crippen molar-refractivity contribution in [2.24, 2.45) is 0 Å². The summed E-state index contributed by atoms with van der Waals surface area (Å²) < 4.78 is 10.5. The molecule has 1 aromatic heterocycles. The Kier molecular flexibility index (Phi) is 6.63. The van der Waals surface area contributed by atoms with Crippen LogP contribution in [0.4, 0.5) is 11.6 Å². The molecule has 7 nitrogen and oxygen atoms in total. The maximum Gasteiger partial charge on any atom is 0.254 e. The molecule has 0 aliphatic heterocycles. The second kappa shape index (κ2) is 9.54. The Morgan fingerprint density at radius 2 is 1.66 bits per heavy atom. The maximum atomic E-state index is 12.3. The van der Waals surface area contributed by atoms with Crippen LogP contribution in [-0.4, -0.2) is 36.6 Å². The number of hydrogen-bond donors (Lipinski definition) is 2. The zero-order valence-corrected chi connectivity index (χ0v) is 16.7. The number of aryl methyl sites for hydroxylation is 1. The highest BCUT2D eigenvalue weighted by atomic mass is 16.5. The molecule has 3 rings (SSSR count). The number of nitrogens with one attached hydrogen (secondary N) is 2. The number of benzene rings is 2. The van der Waals surface area contributed by atoms with Crippen molar-refractivity contribution in [3.8, 4) is 11.5 Å². The largest absolute Gasteiger partial charge is 0.493 e. The van der Waals surface area contributed by atoms with E-state index >= 15 is 0 Å². The lowest BCUT2D eigenvalue weighted by Crippen LogP contribution is -2.26. The summed E-state index contributed by atoms with van der Waals surface area (Å²) >= 11 is 0. The van der Waals surface area contributed by atoms with Gasteiger partial charge < -0.3 is 20.1 Å². The summed E-state index contributed by atoms with van der Waals surface area (Å²) in [6, 6.07) is 13.6. The molecule has 1 amide bonds. The molecule has 1 heterocycles. The topological polar surface area (TPSA) is 85.4 Å². The average Bonchev–Trinajstić information content (AvgIpc) is 2.75. The Balaban J connectivity index is 1.52. The van der Waals surface area contributed by atoms with Gasteiger partial charge in [-0.15, -0.1) is 0 Å². The molecule has 0 atom stereocenters. The van der Waals surface area contributed by atoms with Crippen molar-refractivity contribution in [1.82, 2.24) is 15.3 Å². The Morgan fingerprint density at radius 1 is 0.966 bits per heavy atom. The van der Waals surface area contributed by atoms with Crippen LogP contribution in [0.25, 0.3) is 0 Å². The summed E-state index contributed by atoms with van der Waals surface area (Å²) in [5, 5.41) is 5.98. The van der Waals surface area contributed by atoms with Gasteiger partial charge in [-0.2, -0.15) is 0 Å². The monoisotopic (exact) mass is 392 g/mol. The molecular weight excluding hydrogens is 368 g/mol. The predicted octanol–water partition coefficient (Wildman–Crippen LogP) is 3.52. The van der Waals surface area contributed by atoms with E-state index in [-0.39, 0.29) is 5.91 Å². The number of nitrogens with zero attached hydrogens (tertiary/aromatic N) is 2. The van der Waals surface area contributed by atoms with Gasteiger partial charge in [0.1, 0.15) is 0 Å². The average molecular weight is 392 g/mol. The highest BCUT2D eigenvalue weighted by Crippen LogP contribution is 2.27. The van der Waals surface area contributed by atoms with Gasteiger partial charge in [0.2, 0.25) is 5.95 Å². The summed E-state index contributed by atoms with van der Waals surface area (Å²) in [7, 11) is 3.20. The van der Waals surface area contributed by atoms with Gasteiger partial charge in [0.05, 0.1) is 19.8 Å². The quantitative estimate of drug-likeness (QED) is 0.610. The van der Waals surface area contributed by atoms with Crippen LogP contribution < -0.4 is 20.1 Å². The summed E-state index contributed by atoms with van der Waals surface area (Å²) in [6.45, 7) is 2.51. The summed E-state index contributed by atoms with van der Waals surface area (Å²) in [5.41, 5.74) is 3.52. The van der Waals surface area contributed by atoms with Crippen molar-refractivity contribution < 1.29 is 14.3 Å². The normalized spacial score (nSPS) is 10.3. The number of aromatic nitrogens is 2. The third kappa shape index (κ3) is 5.44. The first-order valence-corrected chi connectivity index (χ1v) is 9.24. The van der Waals surface area contributed by atoms with Crippen LogP contribution in [0.15, 0.2) is 54.9 Å². The van der Waals surface area contributed by atoms with E-state index in [0.717, 1.165) is 11.3 Å². The smallest absolute Gasteiger partial charge is 0.254 e. The molecule has 2 N–H and O–H groups in total. The molecule has 0 saturated heterocycles. The third-order valence-corrected chi connectivity index (χ3v) is 4.37. The summed E-state index contributed by atoms with van der Waals surface area (Å²) in [4.78, 5) is 20.7. The lowest BCUT2D eigenvalue weighted by atomic mass is 10.1. The molecule has 29 heavy (non-hydrogen) atoms. The molecule has 3 aromatic rings. The van der Waals surface area contributed by atoms with Crippen LogP contribution in [0.1, 0.15) is 21.5 Å². The number of amides is 1. The van der Waals surface area contributed by atoms with E-state index in [1.165, 1.54) is 18.0 Å². The van der Waals surface area contributed by atoms with Crippen LogP contribution in [-0.2, 0) is 6.42 Å². The SMILES string of the molecule is COc1ccc(CCNC(=O)c2cnc(Nc3ccc(C)cc3)nc2)cc1OC. The highest BCUT2D eigenvalue weighted by Gasteiger charge is 2.08. The maximum absolute atomic E-state index is 12.3. The number of carbonyl (C=O) groups excluding carboxylic acids is 1. The first kappa shape index (κ1) is 20.1. The Hall–Kier alpha value is -3.61. The highest BCUT2D eigenvalue weighted by molar-refractivity contribution is 5.93. The zero-order chi connectivity index (χ0) is 20.6. The third-order valence-electron chi connectivity index (χ3n) is 4.37. The standard InChI is InChI=1S/C22H24N4O3/c1-15-4-7-18(8-5-15)26-22-24-13-17(14-25-22)21(27)23-11-10-16-6-9-19(28-2)20(12-16)29-3/h4-9,12-14H,10-11H2,1-3H3,(H,23,27)(H,24,25,26). The van der Waals surface area contributed by atoms with E-state index in [0.29, 0.717) is 36.0 Å². The molecular formula is C22H24N4O3. The van der Waals surface area contributed by atoms with Gasteiger partial charge >= 0.3 is 0 Å². The van der Waals surface area contributed by atoms with Crippen LogP contribution in [0.3, 0.4) is 0 Å². The molecule has 0 bridgehead atoms. The summed E-state index contributed by atoms with van der Waals surface area (Å²) in [6.07, 6.45) is 3.69. The van der Waals surface area contributed by atoms with Gasteiger partial charge in [-0.1, -0.05) is 23.8 Å². The minimum atomic E-state index is -0.215. The van der Waals surface area contributed by atoms with E-state index < -0.39 is 0 Å². The van der Waals surface area contributed by atoms with Crippen LogP contribution in [0.2, 0.25) is 0 Å². The van der Waals surface area contributed by atoms with E-state index in [1.54, 1.807) is 14.2 Å². The molecule has 0 saturated carbocycles. The number of hydrogen-bond acceptors (Lipinski definition) is 6. The molecule has 0 aliphatic carbocycles. The van der Waals surface area contributed by atoms with E-state index in [2.05, 4.69) is 20.6 Å². The fourth-order valence-corrected chi connectivity index (χ4v) is 2.73. The predicted molar refractivity (Wildman–Crippen MR) is 112 cm³/mol. The van der Waals surface area contributed by atoms with E-state index in [1.807, 2.05) is 49.4 Å². The van der Waals surface area contributed by atoms with Gasteiger partial charge in [0.25, 0.3) is 5.91 Å². The van der Waals surface area contributed by atoms with E-state index in [4.69, 9.17) is 9.47 Å². The molecule has 7 heteroatoms. The van der Waals surface area contributed by atoms with Gasteiger partial charge in [-0.25, -0.2) is 9.97 Å². The van der Waals surface area contributed by atoms with Crippen molar-refractivity contribution in [2.75, 3.05) is 26.1 Å². The molecule has 0 radical (unpaired) electrons. The minimum absolute atomic E-state index is 0.215. The molecule has 0 fully saturated rings. The first-order chi connectivity index (χ1) is 14.1. The number of methoxy groups -OCH3 is 2. The second-order valence-electron chi connectivity index (χ2n) is 6.48.